The maximum atomic E-state index is 13.0. The van der Waals surface area contributed by atoms with Gasteiger partial charge in [-0.25, -0.2) is 4.79 Å². The van der Waals surface area contributed by atoms with Crippen molar-refractivity contribution in [1.29, 1.82) is 0 Å². The minimum atomic E-state index is -0.540. The van der Waals surface area contributed by atoms with Gasteiger partial charge in [0.2, 0.25) is 5.91 Å². The molecule has 6 nitrogen and oxygen atoms in total. The molecule has 0 aromatic heterocycles. The van der Waals surface area contributed by atoms with E-state index in [0.717, 1.165) is 41.0 Å². The molecule has 2 unspecified atom stereocenters. The lowest BCUT2D eigenvalue weighted by molar-refractivity contribution is -0.137. The maximum Gasteiger partial charge on any atom is 0.347 e. The van der Waals surface area contributed by atoms with Crippen LogP contribution in [0.2, 0.25) is 0 Å². The van der Waals surface area contributed by atoms with E-state index in [-0.39, 0.29) is 17.7 Å². The van der Waals surface area contributed by atoms with E-state index < -0.39 is 12.1 Å². The SMILES string of the molecule is O=C(NN1C(=O)C2Cc3ccccc3CN2C1=O)C1CCCc2ccccc21. The Morgan fingerprint density at radius 2 is 1.68 bits per heavy atom. The van der Waals surface area contributed by atoms with Crippen LogP contribution in [0.3, 0.4) is 0 Å². The average molecular weight is 375 g/mol. The zero-order valence-corrected chi connectivity index (χ0v) is 15.4. The van der Waals surface area contributed by atoms with Crippen molar-refractivity contribution in [3.63, 3.8) is 0 Å². The smallest absolute Gasteiger partial charge is 0.306 e. The van der Waals surface area contributed by atoms with Gasteiger partial charge in [-0.05, 0) is 41.5 Å². The molecule has 142 valence electrons. The number of fused-ring (bicyclic) bond motifs is 3. The molecule has 28 heavy (non-hydrogen) atoms. The van der Waals surface area contributed by atoms with Crippen LogP contribution in [0.1, 0.15) is 41.0 Å². The van der Waals surface area contributed by atoms with E-state index >= 15 is 0 Å². The molecule has 5 rings (SSSR count). The Hall–Kier alpha value is -3.15. The van der Waals surface area contributed by atoms with Gasteiger partial charge in [-0.15, -0.1) is 0 Å². The molecule has 0 spiro atoms. The summed E-state index contributed by atoms with van der Waals surface area (Å²) in [5, 5.41) is 0.927. The highest BCUT2D eigenvalue weighted by Gasteiger charge is 2.48. The summed E-state index contributed by atoms with van der Waals surface area (Å²) in [5.74, 6) is -0.969. The standard InChI is InChI=1S/C22H21N3O3/c26-20(18-11-5-9-14-6-3-4-10-17(14)18)23-25-21(27)19-12-15-7-1-2-8-16(15)13-24(19)22(25)28/h1-4,6-8,10,18-19H,5,9,11-13H2,(H,23,26). The molecule has 0 saturated carbocycles. The number of aryl methyl sites for hydroxylation is 1. The molecule has 2 atom stereocenters. The highest BCUT2D eigenvalue weighted by molar-refractivity contribution is 6.06. The first-order valence-corrected chi connectivity index (χ1v) is 9.73. The van der Waals surface area contributed by atoms with Crippen LogP contribution in [-0.4, -0.2) is 33.8 Å². The summed E-state index contributed by atoms with van der Waals surface area (Å²) in [6, 6.07) is 14.8. The predicted octanol–water partition coefficient (Wildman–Crippen LogP) is 2.53. The van der Waals surface area contributed by atoms with Gasteiger partial charge in [-0.3, -0.25) is 15.0 Å². The van der Waals surface area contributed by atoms with Crippen LogP contribution in [0.25, 0.3) is 0 Å². The number of benzene rings is 2. The van der Waals surface area contributed by atoms with Gasteiger partial charge in [0, 0.05) is 13.0 Å². The van der Waals surface area contributed by atoms with Crippen LogP contribution >= 0.6 is 0 Å². The third-order valence-electron chi connectivity index (χ3n) is 6.10. The number of carbonyl (C=O) groups excluding carboxylic acids is 3. The molecule has 4 amide bonds. The molecule has 2 aromatic rings. The number of hydrogen-bond acceptors (Lipinski definition) is 3. The van der Waals surface area contributed by atoms with Crippen LogP contribution in [0.15, 0.2) is 48.5 Å². The molecule has 6 heteroatoms. The molecule has 1 saturated heterocycles. The van der Waals surface area contributed by atoms with Crippen molar-refractivity contribution in [2.75, 3.05) is 0 Å². The van der Waals surface area contributed by atoms with Crippen LogP contribution in [0, 0.1) is 0 Å². The summed E-state index contributed by atoms with van der Waals surface area (Å²) in [6.07, 6.45) is 3.08. The van der Waals surface area contributed by atoms with Crippen LogP contribution in [-0.2, 0) is 29.0 Å². The van der Waals surface area contributed by atoms with E-state index in [1.54, 1.807) is 4.90 Å². The first kappa shape index (κ1) is 17.0. The summed E-state index contributed by atoms with van der Waals surface area (Å²) < 4.78 is 0. The van der Waals surface area contributed by atoms with Gasteiger partial charge < -0.3 is 4.90 Å². The van der Waals surface area contributed by atoms with Gasteiger partial charge in [0.25, 0.3) is 5.91 Å². The fourth-order valence-electron chi connectivity index (χ4n) is 4.63. The summed E-state index contributed by atoms with van der Waals surface area (Å²) in [4.78, 5) is 40.2. The number of imide groups is 1. The van der Waals surface area contributed by atoms with Crippen molar-refractivity contribution < 1.29 is 14.4 Å². The number of nitrogens with one attached hydrogen (secondary N) is 1. The fourth-order valence-corrected chi connectivity index (χ4v) is 4.63. The zero-order valence-electron chi connectivity index (χ0n) is 15.4. The number of amides is 4. The second kappa shape index (κ2) is 6.48. The topological polar surface area (TPSA) is 69.7 Å². The number of rotatable bonds is 2. The quantitative estimate of drug-likeness (QED) is 0.820. The molecular weight excluding hydrogens is 354 g/mol. The second-order valence-corrected chi connectivity index (χ2v) is 7.69. The molecule has 2 aliphatic heterocycles. The molecule has 2 heterocycles. The lowest BCUT2D eigenvalue weighted by Crippen LogP contribution is -2.48. The molecule has 0 bridgehead atoms. The minimum absolute atomic E-state index is 0.286. The van der Waals surface area contributed by atoms with E-state index in [4.69, 9.17) is 0 Å². The highest BCUT2D eigenvalue weighted by atomic mass is 16.2. The van der Waals surface area contributed by atoms with E-state index in [0.29, 0.717) is 13.0 Å². The van der Waals surface area contributed by atoms with Crippen molar-refractivity contribution in [2.45, 2.75) is 44.2 Å². The van der Waals surface area contributed by atoms with E-state index in [1.165, 1.54) is 5.56 Å². The molecule has 1 fully saturated rings. The first-order valence-electron chi connectivity index (χ1n) is 9.73. The average Bonchev–Trinajstić information content (AvgIpc) is 2.96. The van der Waals surface area contributed by atoms with Crippen LogP contribution in [0.5, 0.6) is 0 Å². The van der Waals surface area contributed by atoms with Crippen molar-refractivity contribution in [3.8, 4) is 0 Å². The molecule has 1 N–H and O–H groups in total. The Morgan fingerprint density at radius 3 is 2.50 bits per heavy atom. The summed E-state index contributed by atoms with van der Waals surface area (Å²) in [6.45, 7) is 0.393. The lowest BCUT2D eigenvalue weighted by Gasteiger charge is -2.28. The summed E-state index contributed by atoms with van der Waals surface area (Å²) >= 11 is 0. The third kappa shape index (κ3) is 2.59. The van der Waals surface area contributed by atoms with Crippen LogP contribution < -0.4 is 5.43 Å². The van der Waals surface area contributed by atoms with Crippen molar-refractivity contribution in [1.82, 2.24) is 15.3 Å². The Labute approximate surface area is 163 Å². The Kier molecular flexibility index (Phi) is 3.93. The van der Waals surface area contributed by atoms with Gasteiger partial charge in [-0.1, -0.05) is 48.5 Å². The monoisotopic (exact) mass is 375 g/mol. The molecular formula is C22H21N3O3. The van der Waals surface area contributed by atoms with Crippen LogP contribution in [0.4, 0.5) is 4.79 Å². The normalized spacial score (nSPS) is 23.1. The van der Waals surface area contributed by atoms with Crippen molar-refractivity contribution in [3.05, 3.63) is 70.8 Å². The molecule has 1 aliphatic carbocycles. The number of hydrogen-bond donors (Lipinski definition) is 1. The van der Waals surface area contributed by atoms with Gasteiger partial charge in [0.15, 0.2) is 0 Å². The lowest BCUT2D eigenvalue weighted by atomic mass is 9.82. The zero-order chi connectivity index (χ0) is 19.3. The van der Waals surface area contributed by atoms with Crippen molar-refractivity contribution >= 4 is 17.8 Å². The fraction of sp³-hybridized carbons (Fsp3) is 0.318. The summed E-state index contributed by atoms with van der Waals surface area (Å²) in [7, 11) is 0. The number of hydrazine groups is 1. The van der Waals surface area contributed by atoms with E-state index in [9.17, 15) is 14.4 Å². The van der Waals surface area contributed by atoms with Gasteiger partial charge in [0.05, 0.1) is 5.92 Å². The van der Waals surface area contributed by atoms with Gasteiger partial charge in [-0.2, -0.15) is 5.01 Å². The highest BCUT2D eigenvalue weighted by Crippen LogP contribution is 2.33. The Morgan fingerprint density at radius 1 is 0.964 bits per heavy atom. The largest absolute Gasteiger partial charge is 0.347 e. The first-order chi connectivity index (χ1) is 13.6. The van der Waals surface area contributed by atoms with E-state index in [1.807, 2.05) is 48.5 Å². The molecule has 0 radical (unpaired) electrons. The van der Waals surface area contributed by atoms with Crippen molar-refractivity contribution in [2.24, 2.45) is 0 Å². The second-order valence-electron chi connectivity index (χ2n) is 7.69. The number of carbonyl (C=O) groups is 3. The number of nitrogens with zero attached hydrogens (tertiary/aromatic N) is 2. The third-order valence-corrected chi connectivity index (χ3v) is 6.10. The van der Waals surface area contributed by atoms with Gasteiger partial charge >= 0.3 is 6.03 Å². The van der Waals surface area contributed by atoms with Gasteiger partial charge in [0.1, 0.15) is 6.04 Å². The summed E-state index contributed by atoms with van der Waals surface area (Å²) in [5.41, 5.74) is 6.92. The minimum Gasteiger partial charge on any atom is -0.306 e. The maximum absolute atomic E-state index is 13.0. The molecule has 2 aromatic carbocycles. The molecule has 3 aliphatic rings. The number of urea groups is 1. The Bertz CT molecular complexity index is 943. The van der Waals surface area contributed by atoms with E-state index in [2.05, 4.69) is 5.43 Å². The predicted molar refractivity (Wildman–Crippen MR) is 102 cm³/mol. The Balaban J connectivity index is 1.37.